The molecule has 4 rings (SSSR count). The van der Waals surface area contributed by atoms with Crippen molar-refractivity contribution >= 4 is 10.9 Å². The van der Waals surface area contributed by atoms with Crippen LogP contribution in [-0.2, 0) is 6.54 Å². The first-order valence-electron chi connectivity index (χ1n) is 7.64. The van der Waals surface area contributed by atoms with Crippen LogP contribution < -0.4 is 5.32 Å². The third-order valence-corrected chi connectivity index (χ3v) is 4.15. The zero-order valence-electron chi connectivity index (χ0n) is 12.7. The number of fused-ring (bicyclic) bond motifs is 1. The van der Waals surface area contributed by atoms with Gasteiger partial charge < -0.3 is 9.88 Å². The lowest BCUT2D eigenvalue weighted by molar-refractivity contribution is 0.510. The van der Waals surface area contributed by atoms with Gasteiger partial charge in [-0.15, -0.1) is 0 Å². The van der Waals surface area contributed by atoms with Gasteiger partial charge in [0.05, 0.1) is 23.1 Å². The average Bonchev–Trinajstić information content (AvgIpc) is 3.31. The molecule has 1 saturated carbocycles. The largest absolute Gasteiger partial charge is 0.337 e. The Labute approximate surface area is 132 Å². The van der Waals surface area contributed by atoms with E-state index in [4.69, 9.17) is 0 Å². The van der Waals surface area contributed by atoms with E-state index in [1.165, 1.54) is 12.1 Å². The Bertz CT molecular complexity index is 884. The molecule has 0 spiro atoms. The summed E-state index contributed by atoms with van der Waals surface area (Å²) >= 11 is 0. The first-order chi connectivity index (χ1) is 11.2. The van der Waals surface area contributed by atoms with Gasteiger partial charge in [0.15, 0.2) is 11.6 Å². The summed E-state index contributed by atoms with van der Waals surface area (Å²) < 4.78 is 29.3. The van der Waals surface area contributed by atoms with E-state index in [1.54, 1.807) is 6.20 Å². The summed E-state index contributed by atoms with van der Waals surface area (Å²) in [5.74, 6) is -1.63. The van der Waals surface area contributed by atoms with Gasteiger partial charge in [0.25, 0.3) is 0 Å². The maximum atomic E-state index is 13.7. The van der Waals surface area contributed by atoms with Gasteiger partial charge in [-0.05, 0) is 38.1 Å². The van der Waals surface area contributed by atoms with Crippen molar-refractivity contribution < 1.29 is 8.78 Å². The number of aromatic nitrogens is 3. The fourth-order valence-electron chi connectivity index (χ4n) is 2.99. The van der Waals surface area contributed by atoms with Crippen molar-refractivity contribution in [1.29, 1.82) is 0 Å². The monoisotopic (exact) mass is 314 g/mol. The molecule has 1 aliphatic carbocycles. The fourth-order valence-corrected chi connectivity index (χ4v) is 2.99. The highest BCUT2D eigenvalue weighted by atomic mass is 19.2. The zero-order chi connectivity index (χ0) is 16.0. The predicted molar refractivity (Wildman–Crippen MR) is 83.9 cm³/mol. The van der Waals surface area contributed by atoms with E-state index in [2.05, 4.69) is 20.1 Å². The molecule has 0 bridgehead atoms. The molecule has 23 heavy (non-hydrogen) atoms. The quantitative estimate of drug-likeness (QED) is 0.802. The molecule has 118 valence electrons. The van der Waals surface area contributed by atoms with Crippen LogP contribution in [0.2, 0.25) is 0 Å². The highest BCUT2D eigenvalue weighted by Crippen LogP contribution is 2.42. The van der Waals surface area contributed by atoms with E-state index in [0.717, 1.165) is 35.3 Å². The number of nitrogens with zero attached hydrogens (tertiary/aromatic N) is 3. The molecular formula is C17H16F2N4. The maximum Gasteiger partial charge on any atom is 0.160 e. The van der Waals surface area contributed by atoms with Crippen LogP contribution in [-0.4, -0.2) is 21.8 Å². The Morgan fingerprint density at radius 1 is 1.17 bits per heavy atom. The van der Waals surface area contributed by atoms with Crippen molar-refractivity contribution in [2.24, 2.45) is 0 Å². The molecule has 0 unspecified atom stereocenters. The zero-order valence-corrected chi connectivity index (χ0v) is 12.7. The van der Waals surface area contributed by atoms with Crippen LogP contribution in [0.15, 0.2) is 30.5 Å². The summed E-state index contributed by atoms with van der Waals surface area (Å²) in [6.07, 6.45) is 3.80. The number of halogens is 2. The Morgan fingerprint density at radius 3 is 2.70 bits per heavy atom. The Morgan fingerprint density at radius 2 is 1.96 bits per heavy atom. The van der Waals surface area contributed by atoms with E-state index in [0.29, 0.717) is 18.0 Å². The smallest absolute Gasteiger partial charge is 0.160 e. The molecule has 6 heteroatoms. The number of benzene rings is 1. The molecular weight excluding hydrogens is 298 g/mol. The second-order valence-corrected chi connectivity index (χ2v) is 5.92. The molecule has 0 aliphatic heterocycles. The SMILES string of the molecule is CNCc1cc(-c2cc3cc(F)c(F)cc3n2C2CC2)cnn1. The third kappa shape index (κ3) is 2.49. The van der Waals surface area contributed by atoms with Crippen molar-refractivity contribution in [2.45, 2.75) is 25.4 Å². The van der Waals surface area contributed by atoms with E-state index in [9.17, 15) is 8.78 Å². The van der Waals surface area contributed by atoms with Crippen LogP contribution in [0.3, 0.4) is 0 Å². The van der Waals surface area contributed by atoms with Crippen molar-refractivity contribution in [3.63, 3.8) is 0 Å². The Kier molecular flexibility index (Phi) is 3.34. The van der Waals surface area contributed by atoms with Gasteiger partial charge in [0.2, 0.25) is 0 Å². The highest BCUT2D eigenvalue weighted by Gasteiger charge is 2.28. The number of rotatable bonds is 4. The molecule has 0 radical (unpaired) electrons. The summed E-state index contributed by atoms with van der Waals surface area (Å²) in [6.45, 7) is 0.619. The molecule has 1 fully saturated rings. The minimum absolute atomic E-state index is 0.341. The summed E-state index contributed by atoms with van der Waals surface area (Å²) in [4.78, 5) is 0. The van der Waals surface area contributed by atoms with E-state index in [1.807, 2.05) is 19.2 Å². The molecule has 0 atom stereocenters. The van der Waals surface area contributed by atoms with Crippen LogP contribution in [0, 0.1) is 11.6 Å². The molecule has 0 amide bonds. The minimum Gasteiger partial charge on any atom is -0.337 e. The van der Waals surface area contributed by atoms with E-state index in [-0.39, 0.29) is 0 Å². The summed E-state index contributed by atoms with van der Waals surface area (Å²) in [6, 6.07) is 6.75. The molecule has 1 aliphatic rings. The molecule has 1 N–H and O–H groups in total. The predicted octanol–water partition coefficient (Wildman–Crippen LogP) is 3.43. The minimum atomic E-state index is -0.819. The molecule has 4 nitrogen and oxygen atoms in total. The van der Waals surface area contributed by atoms with Gasteiger partial charge in [-0.1, -0.05) is 0 Å². The summed E-state index contributed by atoms with van der Waals surface area (Å²) in [5.41, 5.74) is 3.40. The van der Waals surface area contributed by atoms with Crippen molar-refractivity contribution in [1.82, 2.24) is 20.1 Å². The molecule has 3 aromatic rings. The standard InChI is InChI=1S/C17H16F2N4/c1-20-9-12-4-11(8-21-22-12)16-6-10-5-14(18)15(19)7-17(10)23(16)13-2-3-13/h4-8,13,20H,2-3,9H2,1H3. The van der Waals surface area contributed by atoms with Gasteiger partial charge in [-0.25, -0.2) is 8.78 Å². The number of hydrogen-bond donors (Lipinski definition) is 1. The van der Waals surface area contributed by atoms with Gasteiger partial charge in [-0.3, -0.25) is 0 Å². The second kappa shape index (κ2) is 5.38. The van der Waals surface area contributed by atoms with Gasteiger partial charge >= 0.3 is 0 Å². The highest BCUT2D eigenvalue weighted by molar-refractivity contribution is 5.87. The van der Waals surface area contributed by atoms with Crippen LogP contribution in [0.5, 0.6) is 0 Å². The first-order valence-corrected chi connectivity index (χ1v) is 7.64. The lowest BCUT2D eigenvalue weighted by atomic mass is 10.2. The maximum absolute atomic E-state index is 13.7. The molecule has 1 aromatic carbocycles. The van der Waals surface area contributed by atoms with Crippen LogP contribution in [0.1, 0.15) is 24.6 Å². The first kappa shape index (κ1) is 14.3. The Hall–Kier alpha value is -2.34. The third-order valence-electron chi connectivity index (χ3n) is 4.15. The Balaban J connectivity index is 1.92. The normalized spacial score (nSPS) is 14.6. The lowest BCUT2D eigenvalue weighted by Gasteiger charge is -2.10. The van der Waals surface area contributed by atoms with E-state index >= 15 is 0 Å². The van der Waals surface area contributed by atoms with Crippen LogP contribution in [0.4, 0.5) is 8.78 Å². The second-order valence-electron chi connectivity index (χ2n) is 5.92. The van der Waals surface area contributed by atoms with Crippen molar-refractivity contribution in [3.05, 3.63) is 47.8 Å². The van der Waals surface area contributed by atoms with E-state index < -0.39 is 11.6 Å². The van der Waals surface area contributed by atoms with Crippen LogP contribution in [0.25, 0.3) is 22.2 Å². The van der Waals surface area contributed by atoms with Gasteiger partial charge in [0.1, 0.15) is 0 Å². The summed E-state index contributed by atoms with van der Waals surface area (Å²) in [7, 11) is 1.85. The van der Waals surface area contributed by atoms with Gasteiger partial charge in [-0.2, -0.15) is 10.2 Å². The van der Waals surface area contributed by atoms with Crippen molar-refractivity contribution in [3.8, 4) is 11.3 Å². The number of hydrogen-bond acceptors (Lipinski definition) is 3. The molecule has 2 heterocycles. The molecule has 2 aromatic heterocycles. The van der Waals surface area contributed by atoms with Gasteiger partial charge in [0, 0.05) is 29.6 Å². The van der Waals surface area contributed by atoms with Crippen molar-refractivity contribution in [2.75, 3.05) is 7.05 Å². The fraction of sp³-hybridized carbons (Fsp3) is 0.294. The van der Waals surface area contributed by atoms with Crippen LogP contribution >= 0.6 is 0 Å². The topological polar surface area (TPSA) is 42.7 Å². The lowest BCUT2D eigenvalue weighted by Crippen LogP contribution is -2.08. The number of nitrogens with one attached hydrogen (secondary N) is 1. The summed E-state index contributed by atoms with van der Waals surface area (Å²) in [5, 5.41) is 11.9. The molecule has 0 saturated heterocycles. The average molecular weight is 314 g/mol.